The molecule has 168 valence electrons. The molecular weight excluding hydrogens is 465 g/mol. The van der Waals surface area contributed by atoms with Gasteiger partial charge in [0, 0.05) is 12.7 Å². The van der Waals surface area contributed by atoms with Crippen molar-refractivity contribution in [1.29, 1.82) is 0 Å². The summed E-state index contributed by atoms with van der Waals surface area (Å²) in [5, 5.41) is 1.87. The third-order valence-corrected chi connectivity index (χ3v) is 6.81. The second kappa shape index (κ2) is 8.84. The van der Waals surface area contributed by atoms with Crippen molar-refractivity contribution in [3.63, 3.8) is 0 Å². The summed E-state index contributed by atoms with van der Waals surface area (Å²) in [7, 11) is -2.69. The van der Waals surface area contributed by atoms with E-state index in [-0.39, 0.29) is 21.8 Å². The number of para-hydroxylation sites is 1. The van der Waals surface area contributed by atoms with Crippen molar-refractivity contribution in [3.8, 4) is 0 Å². The van der Waals surface area contributed by atoms with Gasteiger partial charge in [-0.25, -0.2) is 8.42 Å². The molecule has 1 N–H and O–H groups in total. The highest BCUT2D eigenvalue weighted by Crippen LogP contribution is 2.36. The summed E-state index contributed by atoms with van der Waals surface area (Å²) >= 11 is 5.61. The molecule has 32 heavy (non-hydrogen) atoms. The van der Waals surface area contributed by atoms with E-state index in [0.29, 0.717) is 0 Å². The summed E-state index contributed by atoms with van der Waals surface area (Å²) in [6.07, 6.45) is -4.70. The van der Waals surface area contributed by atoms with Gasteiger partial charge in [-0.15, -0.1) is 0 Å². The van der Waals surface area contributed by atoms with Crippen LogP contribution in [-0.4, -0.2) is 21.4 Å². The van der Waals surface area contributed by atoms with Crippen molar-refractivity contribution in [2.45, 2.75) is 18.0 Å². The van der Waals surface area contributed by atoms with Crippen molar-refractivity contribution in [2.24, 2.45) is 0 Å². The molecule has 0 aliphatic carbocycles. The maximum absolute atomic E-state index is 13.1. The third kappa shape index (κ3) is 4.89. The molecule has 0 heterocycles. The van der Waals surface area contributed by atoms with Crippen molar-refractivity contribution in [3.05, 3.63) is 88.4 Å². The molecule has 0 radical (unpaired) electrons. The van der Waals surface area contributed by atoms with Crippen LogP contribution in [0.4, 0.5) is 24.5 Å². The van der Waals surface area contributed by atoms with Gasteiger partial charge < -0.3 is 5.32 Å². The van der Waals surface area contributed by atoms with E-state index in [1.165, 1.54) is 43.4 Å². The molecule has 0 unspecified atom stereocenters. The van der Waals surface area contributed by atoms with Crippen LogP contribution in [0.3, 0.4) is 0 Å². The molecule has 0 atom stereocenters. The second-order valence-corrected chi connectivity index (χ2v) is 9.33. The van der Waals surface area contributed by atoms with E-state index in [2.05, 4.69) is 5.32 Å². The molecule has 0 aliphatic rings. The lowest BCUT2D eigenvalue weighted by atomic mass is 10.1. The van der Waals surface area contributed by atoms with Crippen LogP contribution in [0.15, 0.2) is 71.6 Å². The highest BCUT2D eigenvalue weighted by Gasteiger charge is 2.33. The first-order chi connectivity index (χ1) is 14.9. The van der Waals surface area contributed by atoms with Gasteiger partial charge in [0.25, 0.3) is 15.9 Å². The van der Waals surface area contributed by atoms with Crippen LogP contribution < -0.4 is 9.62 Å². The number of carbonyl (C=O) groups excluding carboxylic acids is 1. The Labute approximate surface area is 188 Å². The van der Waals surface area contributed by atoms with E-state index in [0.717, 1.165) is 22.0 Å². The summed E-state index contributed by atoms with van der Waals surface area (Å²) in [6, 6.07) is 15.1. The number of rotatable bonds is 5. The Morgan fingerprint density at radius 3 is 2.25 bits per heavy atom. The number of anilines is 2. The molecule has 0 bridgehead atoms. The molecule has 0 saturated heterocycles. The van der Waals surface area contributed by atoms with E-state index in [4.69, 9.17) is 11.6 Å². The minimum atomic E-state index is -4.70. The van der Waals surface area contributed by atoms with Crippen LogP contribution >= 0.6 is 11.6 Å². The fourth-order valence-corrected chi connectivity index (χ4v) is 4.40. The number of alkyl halides is 3. The van der Waals surface area contributed by atoms with Gasteiger partial charge in [-0.2, -0.15) is 13.2 Å². The maximum atomic E-state index is 13.1. The van der Waals surface area contributed by atoms with Crippen LogP contribution in [-0.2, 0) is 16.2 Å². The van der Waals surface area contributed by atoms with Gasteiger partial charge in [-0.3, -0.25) is 9.10 Å². The zero-order chi connectivity index (χ0) is 23.7. The Morgan fingerprint density at radius 1 is 1.00 bits per heavy atom. The van der Waals surface area contributed by atoms with E-state index < -0.39 is 32.7 Å². The molecule has 3 rings (SSSR count). The normalized spacial score (nSPS) is 11.8. The van der Waals surface area contributed by atoms with Gasteiger partial charge in [-0.05, 0) is 49.4 Å². The van der Waals surface area contributed by atoms with Crippen molar-refractivity contribution >= 4 is 38.9 Å². The number of carbonyl (C=O) groups is 1. The first-order valence-electron chi connectivity index (χ1n) is 9.24. The predicted octanol–water partition coefficient (Wildman–Crippen LogP) is 5.74. The molecule has 0 spiro atoms. The van der Waals surface area contributed by atoms with Gasteiger partial charge in [0.2, 0.25) is 0 Å². The quantitative estimate of drug-likeness (QED) is 0.504. The van der Waals surface area contributed by atoms with Crippen LogP contribution in [0.5, 0.6) is 0 Å². The number of amides is 1. The van der Waals surface area contributed by atoms with Crippen molar-refractivity contribution < 1.29 is 26.4 Å². The number of aryl methyl sites for hydroxylation is 1. The highest BCUT2D eigenvalue weighted by atomic mass is 35.5. The Balaban J connectivity index is 1.94. The number of hydrogen-bond acceptors (Lipinski definition) is 3. The van der Waals surface area contributed by atoms with Crippen LogP contribution in [0.1, 0.15) is 21.5 Å². The topological polar surface area (TPSA) is 66.5 Å². The zero-order valence-corrected chi connectivity index (χ0v) is 18.5. The van der Waals surface area contributed by atoms with Crippen LogP contribution in [0.25, 0.3) is 0 Å². The Hall–Kier alpha value is -3.04. The lowest BCUT2D eigenvalue weighted by molar-refractivity contribution is -0.137. The van der Waals surface area contributed by atoms with E-state index in [9.17, 15) is 26.4 Å². The highest BCUT2D eigenvalue weighted by molar-refractivity contribution is 7.92. The molecule has 1 amide bonds. The number of hydrogen-bond donors (Lipinski definition) is 1. The minimum absolute atomic E-state index is 0.0332. The Kier molecular flexibility index (Phi) is 6.52. The average molecular weight is 483 g/mol. The predicted molar refractivity (Wildman–Crippen MR) is 118 cm³/mol. The first-order valence-corrected chi connectivity index (χ1v) is 11.1. The zero-order valence-electron chi connectivity index (χ0n) is 16.9. The molecule has 3 aromatic carbocycles. The summed E-state index contributed by atoms with van der Waals surface area (Å²) < 4.78 is 66.3. The lowest BCUT2D eigenvalue weighted by Crippen LogP contribution is -2.29. The van der Waals surface area contributed by atoms with E-state index in [1.54, 1.807) is 18.2 Å². The summed E-state index contributed by atoms with van der Waals surface area (Å²) in [6.45, 7) is 1.82. The van der Waals surface area contributed by atoms with Gasteiger partial charge in [0.1, 0.15) is 0 Å². The number of benzene rings is 3. The summed E-state index contributed by atoms with van der Waals surface area (Å²) in [4.78, 5) is 12.9. The smallest absolute Gasteiger partial charge is 0.322 e. The molecule has 10 heteroatoms. The first kappa shape index (κ1) is 23.6. The Bertz CT molecular complexity index is 1260. The largest absolute Gasteiger partial charge is 0.417 e. The van der Waals surface area contributed by atoms with Gasteiger partial charge in [-0.1, -0.05) is 41.4 Å². The van der Waals surface area contributed by atoms with Crippen LogP contribution in [0, 0.1) is 6.92 Å². The molecule has 0 aromatic heterocycles. The average Bonchev–Trinajstić information content (AvgIpc) is 2.74. The molecular formula is C22H18ClF3N2O3S. The molecule has 3 aromatic rings. The standard InChI is InChI=1S/C22H18ClF3N2O3S/c1-14-7-10-16(11-8-14)32(30,31)28(2)20-6-4-3-5-17(20)21(29)27-15-9-12-19(23)18(13-15)22(24,25)26/h3-13H,1-2H3,(H,27,29). The minimum Gasteiger partial charge on any atom is -0.322 e. The van der Waals surface area contributed by atoms with Crippen molar-refractivity contribution in [2.75, 3.05) is 16.7 Å². The number of halogens is 4. The molecule has 0 saturated carbocycles. The number of sulfonamides is 1. The maximum Gasteiger partial charge on any atom is 0.417 e. The lowest BCUT2D eigenvalue weighted by Gasteiger charge is -2.22. The fourth-order valence-electron chi connectivity index (χ4n) is 2.96. The monoisotopic (exact) mass is 482 g/mol. The van der Waals surface area contributed by atoms with Gasteiger partial charge in [0.15, 0.2) is 0 Å². The van der Waals surface area contributed by atoms with E-state index >= 15 is 0 Å². The number of nitrogens with zero attached hydrogens (tertiary/aromatic N) is 1. The van der Waals surface area contributed by atoms with Crippen LogP contribution in [0.2, 0.25) is 5.02 Å². The molecule has 5 nitrogen and oxygen atoms in total. The number of nitrogens with one attached hydrogen (secondary N) is 1. The third-order valence-electron chi connectivity index (χ3n) is 4.70. The fraction of sp³-hybridized carbons (Fsp3) is 0.136. The Morgan fingerprint density at radius 2 is 1.62 bits per heavy atom. The molecule has 0 fully saturated rings. The molecule has 0 aliphatic heterocycles. The van der Waals surface area contributed by atoms with Gasteiger partial charge >= 0.3 is 6.18 Å². The van der Waals surface area contributed by atoms with Crippen molar-refractivity contribution in [1.82, 2.24) is 0 Å². The second-order valence-electron chi connectivity index (χ2n) is 6.95. The summed E-state index contributed by atoms with van der Waals surface area (Å²) in [5.74, 6) is -0.776. The van der Waals surface area contributed by atoms with E-state index in [1.807, 2.05) is 6.92 Å². The summed E-state index contributed by atoms with van der Waals surface area (Å²) in [5.41, 5.74) is -0.313. The van der Waals surface area contributed by atoms with Gasteiger partial charge in [0.05, 0.1) is 26.7 Å². The SMILES string of the molecule is Cc1ccc(S(=O)(=O)N(C)c2ccccc2C(=O)Nc2ccc(Cl)c(C(F)(F)F)c2)cc1.